The second kappa shape index (κ2) is 7.60. The Balaban J connectivity index is 2.01. The number of rotatable bonds is 6. The maximum atomic E-state index is 13.4. The molecule has 3 heteroatoms. The Morgan fingerprint density at radius 3 is 2.67 bits per heavy atom. The van der Waals surface area contributed by atoms with E-state index in [4.69, 9.17) is 4.74 Å². The van der Waals surface area contributed by atoms with Gasteiger partial charge in [-0.05, 0) is 43.8 Å². The van der Waals surface area contributed by atoms with Crippen molar-refractivity contribution >= 4 is 6.08 Å². The van der Waals surface area contributed by atoms with Crippen molar-refractivity contribution < 1.29 is 9.13 Å². The molecule has 2 aromatic carbocycles. The number of ether oxygens (including phenoxy) is 1. The molecule has 0 fully saturated rings. The van der Waals surface area contributed by atoms with Gasteiger partial charge >= 0.3 is 0 Å². The molecule has 0 aromatic heterocycles. The minimum Gasteiger partial charge on any atom is -0.489 e. The smallest absolute Gasteiger partial charge is 0.124 e. The fraction of sp³-hybridized carbons (Fsp3) is 0.222. The van der Waals surface area contributed by atoms with Crippen LogP contribution in [0.15, 0.2) is 54.6 Å². The van der Waals surface area contributed by atoms with Crippen LogP contribution in [0.3, 0.4) is 0 Å². The summed E-state index contributed by atoms with van der Waals surface area (Å²) in [7, 11) is 1.84. The first-order valence-corrected chi connectivity index (χ1v) is 7.02. The number of nitrogens with one attached hydrogen (secondary N) is 1. The second-order valence-corrected chi connectivity index (χ2v) is 4.82. The molecule has 1 unspecified atom stereocenters. The zero-order valence-corrected chi connectivity index (χ0v) is 12.3. The van der Waals surface area contributed by atoms with Crippen LogP contribution in [0.2, 0.25) is 0 Å². The first-order chi connectivity index (χ1) is 10.2. The predicted octanol–water partition coefficient (Wildman–Crippen LogP) is 4.20. The third-order valence-electron chi connectivity index (χ3n) is 3.32. The Kier molecular flexibility index (Phi) is 5.52. The summed E-state index contributed by atoms with van der Waals surface area (Å²) in [4.78, 5) is 0. The van der Waals surface area contributed by atoms with Crippen molar-refractivity contribution in [2.24, 2.45) is 0 Å². The topological polar surface area (TPSA) is 21.3 Å². The Morgan fingerprint density at radius 2 is 1.95 bits per heavy atom. The Bertz CT molecular complexity index is 595. The van der Waals surface area contributed by atoms with E-state index in [9.17, 15) is 4.39 Å². The summed E-state index contributed by atoms with van der Waals surface area (Å²) in [5, 5.41) is 3.10. The average Bonchev–Trinajstić information content (AvgIpc) is 2.53. The maximum absolute atomic E-state index is 13.4. The third-order valence-corrected chi connectivity index (χ3v) is 3.32. The highest BCUT2D eigenvalue weighted by Crippen LogP contribution is 2.25. The Morgan fingerprint density at radius 1 is 1.19 bits per heavy atom. The molecule has 0 aliphatic rings. The quantitative estimate of drug-likeness (QED) is 0.859. The molecule has 0 spiro atoms. The van der Waals surface area contributed by atoms with Gasteiger partial charge in [-0.2, -0.15) is 0 Å². The van der Waals surface area contributed by atoms with E-state index in [-0.39, 0.29) is 11.9 Å². The van der Waals surface area contributed by atoms with Gasteiger partial charge in [-0.25, -0.2) is 4.39 Å². The van der Waals surface area contributed by atoms with Gasteiger partial charge in [0.15, 0.2) is 0 Å². The lowest BCUT2D eigenvalue weighted by atomic mass is 10.1. The van der Waals surface area contributed by atoms with Crippen molar-refractivity contribution in [3.63, 3.8) is 0 Å². The van der Waals surface area contributed by atoms with Crippen molar-refractivity contribution in [2.75, 3.05) is 13.7 Å². The SMILES string of the molecule is CNC(C)c1cc(F)ccc1OC/C=C/c1ccccc1. The van der Waals surface area contributed by atoms with Gasteiger partial charge in [-0.3, -0.25) is 0 Å². The first kappa shape index (κ1) is 15.3. The molecule has 2 nitrogen and oxygen atoms in total. The molecule has 1 N–H and O–H groups in total. The number of benzene rings is 2. The summed E-state index contributed by atoms with van der Waals surface area (Å²) >= 11 is 0. The minimum atomic E-state index is -0.251. The number of hydrogen-bond donors (Lipinski definition) is 1. The van der Waals surface area contributed by atoms with Crippen molar-refractivity contribution in [3.8, 4) is 5.75 Å². The summed E-state index contributed by atoms with van der Waals surface area (Å²) in [6.07, 6.45) is 3.96. The van der Waals surface area contributed by atoms with E-state index in [1.807, 2.05) is 56.5 Å². The van der Waals surface area contributed by atoms with Crippen LogP contribution in [0.4, 0.5) is 4.39 Å². The van der Waals surface area contributed by atoms with Gasteiger partial charge in [-0.15, -0.1) is 0 Å². The van der Waals surface area contributed by atoms with Crippen LogP contribution in [0, 0.1) is 5.82 Å². The van der Waals surface area contributed by atoms with Crippen LogP contribution in [0.1, 0.15) is 24.1 Å². The standard InChI is InChI=1S/C18H20FNO/c1-14(20-2)17-13-16(19)10-11-18(17)21-12-6-9-15-7-4-3-5-8-15/h3-11,13-14,20H,12H2,1-2H3/b9-6+. The van der Waals surface area contributed by atoms with Gasteiger partial charge in [0.2, 0.25) is 0 Å². The van der Waals surface area contributed by atoms with Gasteiger partial charge in [0.1, 0.15) is 18.2 Å². The molecule has 1 atom stereocenters. The molecule has 21 heavy (non-hydrogen) atoms. The van der Waals surface area contributed by atoms with Gasteiger partial charge in [0, 0.05) is 11.6 Å². The summed E-state index contributed by atoms with van der Waals surface area (Å²) in [6, 6.07) is 14.7. The third kappa shape index (κ3) is 4.43. The van der Waals surface area contributed by atoms with Crippen LogP contribution >= 0.6 is 0 Å². The van der Waals surface area contributed by atoms with Gasteiger partial charge < -0.3 is 10.1 Å². The van der Waals surface area contributed by atoms with Crippen LogP contribution in [-0.4, -0.2) is 13.7 Å². The van der Waals surface area contributed by atoms with Crippen molar-refractivity contribution in [1.82, 2.24) is 5.32 Å². The van der Waals surface area contributed by atoms with E-state index in [1.54, 1.807) is 6.07 Å². The highest BCUT2D eigenvalue weighted by Gasteiger charge is 2.10. The molecular weight excluding hydrogens is 265 g/mol. The fourth-order valence-electron chi connectivity index (χ4n) is 2.03. The lowest BCUT2D eigenvalue weighted by molar-refractivity contribution is 0.354. The largest absolute Gasteiger partial charge is 0.489 e. The zero-order chi connectivity index (χ0) is 15.1. The Labute approximate surface area is 125 Å². The van der Waals surface area contributed by atoms with E-state index in [2.05, 4.69) is 5.32 Å². The van der Waals surface area contributed by atoms with Crippen LogP contribution in [-0.2, 0) is 0 Å². The lowest BCUT2D eigenvalue weighted by Crippen LogP contribution is -2.14. The molecule has 0 saturated heterocycles. The molecule has 0 amide bonds. The average molecular weight is 285 g/mol. The molecule has 0 aliphatic carbocycles. The van der Waals surface area contributed by atoms with Gasteiger partial charge in [0.05, 0.1) is 0 Å². The first-order valence-electron chi connectivity index (χ1n) is 7.02. The van der Waals surface area contributed by atoms with E-state index in [1.165, 1.54) is 12.1 Å². The molecule has 110 valence electrons. The minimum absolute atomic E-state index is 0.0359. The molecule has 0 heterocycles. The van der Waals surface area contributed by atoms with Crippen LogP contribution in [0.25, 0.3) is 6.08 Å². The number of hydrogen-bond acceptors (Lipinski definition) is 2. The van der Waals surface area contributed by atoms with Gasteiger partial charge in [-0.1, -0.05) is 36.4 Å². The fourth-order valence-corrected chi connectivity index (χ4v) is 2.03. The summed E-state index contributed by atoms with van der Waals surface area (Å²) in [6.45, 7) is 2.42. The summed E-state index contributed by atoms with van der Waals surface area (Å²) in [5.41, 5.74) is 1.95. The monoisotopic (exact) mass is 285 g/mol. The summed E-state index contributed by atoms with van der Waals surface area (Å²) < 4.78 is 19.1. The van der Waals surface area contributed by atoms with Crippen molar-refractivity contribution in [2.45, 2.75) is 13.0 Å². The van der Waals surface area contributed by atoms with Crippen LogP contribution in [0.5, 0.6) is 5.75 Å². The molecule has 0 saturated carbocycles. The molecule has 0 aliphatic heterocycles. The normalized spacial score (nSPS) is 12.5. The van der Waals surface area contributed by atoms with E-state index in [0.717, 1.165) is 11.1 Å². The van der Waals surface area contributed by atoms with Crippen molar-refractivity contribution in [1.29, 1.82) is 0 Å². The Hall–Kier alpha value is -2.13. The molecular formula is C18H20FNO. The lowest BCUT2D eigenvalue weighted by Gasteiger charge is -2.16. The highest BCUT2D eigenvalue weighted by molar-refractivity contribution is 5.48. The van der Waals surface area contributed by atoms with E-state index in [0.29, 0.717) is 12.4 Å². The van der Waals surface area contributed by atoms with E-state index >= 15 is 0 Å². The molecule has 2 rings (SSSR count). The number of halogens is 1. The van der Waals surface area contributed by atoms with Crippen LogP contribution < -0.4 is 10.1 Å². The molecule has 0 bridgehead atoms. The van der Waals surface area contributed by atoms with E-state index < -0.39 is 0 Å². The predicted molar refractivity (Wildman–Crippen MR) is 84.8 cm³/mol. The van der Waals surface area contributed by atoms with Gasteiger partial charge in [0.25, 0.3) is 0 Å². The molecule has 0 radical (unpaired) electrons. The highest BCUT2D eigenvalue weighted by atomic mass is 19.1. The second-order valence-electron chi connectivity index (χ2n) is 4.82. The van der Waals surface area contributed by atoms with Crippen molar-refractivity contribution in [3.05, 3.63) is 71.6 Å². The summed E-state index contributed by atoms with van der Waals surface area (Å²) in [5.74, 6) is 0.454. The molecule has 2 aromatic rings. The maximum Gasteiger partial charge on any atom is 0.124 e. The zero-order valence-electron chi connectivity index (χ0n) is 12.3.